The predicted octanol–water partition coefficient (Wildman–Crippen LogP) is 3.48. The summed E-state index contributed by atoms with van der Waals surface area (Å²) in [6, 6.07) is 10.9. The molecular formula is C24H35N5O4. The molecule has 33 heavy (non-hydrogen) atoms. The van der Waals surface area contributed by atoms with Crippen LogP contribution in [0.15, 0.2) is 36.4 Å². The van der Waals surface area contributed by atoms with E-state index in [0.29, 0.717) is 12.4 Å². The number of ether oxygens (including phenoxy) is 1. The average Bonchev–Trinajstić information content (AvgIpc) is 3.20. The number of nitrogens with one attached hydrogen (secondary N) is 2. The quantitative estimate of drug-likeness (QED) is 0.532. The Bertz CT molecular complexity index is 934. The molecule has 0 aliphatic rings. The number of carbonyl (C=O) groups is 3. The van der Waals surface area contributed by atoms with Crippen LogP contribution >= 0.6 is 0 Å². The van der Waals surface area contributed by atoms with Gasteiger partial charge in [-0.2, -0.15) is 5.10 Å². The van der Waals surface area contributed by atoms with Crippen molar-refractivity contribution in [3.05, 3.63) is 42.1 Å². The van der Waals surface area contributed by atoms with E-state index in [0.717, 1.165) is 24.2 Å². The highest BCUT2D eigenvalue weighted by atomic mass is 16.5. The molecule has 1 heterocycles. The van der Waals surface area contributed by atoms with Gasteiger partial charge in [-0.05, 0) is 25.5 Å². The molecule has 3 amide bonds. The second-order valence-electron chi connectivity index (χ2n) is 8.70. The van der Waals surface area contributed by atoms with E-state index < -0.39 is 12.0 Å². The van der Waals surface area contributed by atoms with Crippen molar-refractivity contribution in [1.29, 1.82) is 0 Å². The van der Waals surface area contributed by atoms with Crippen LogP contribution in [-0.4, -0.2) is 58.8 Å². The lowest BCUT2D eigenvalue weighted by Crippen LogP contribution is -2.46. The highest BCUT2D eigenvalue weighted by Gasteiger charge is 2.23. The normalized spacial score (nSPS) is 11.1. The number of rotatable bonds is 10. The first-order valence-electron chi connectivity index (χ1n) is 11.3. The minimum absolute atomic E-state index is 0.153. The minimum atomic E-state index is -0.521. The van der Waals surface area contributed by atoms with Gasteiger partial charge in [0.25, 0.3) is 0 Å². The van der Waals surface area contributed by atoms with Gasteiger partial charge in [0.1, 0.15) is 18.9 Å². The molecule has 0 unspecified atom stereocenters. The topological polar surface area (TPSA) is 106 Å². The van der Waals surface area contributed by atoms with E-state index in [9.17, 15) is 14.4 Å². The summed E-state index contributed by atoms with van der Waals surface area (Å²) in [7, 11) is 0. The molecule has 0 atom stereocenters. The van der Waals surface area contributed by atoms with Crippen molar-refractivity contribution in [3.8, 4) is 5.69 Å². The standard InChI is InChI=1S/C24H35N5O4/c1-6-8-14-28(23(32)25-16-22(31)33-7-2)17-21(30)26-20-15-19(24(3,4)5)27-29(20)18-12-10-9-11-13-18/h9-13,15H,6-8,14,16-17H2,1-5H3,(H,25,32)(H,26,30). The van der Waals surface area contributed by atoms with Gasteiger partial charge in [0.15, 0.2) is 0 Å². The first-order chi connectivity index (χ1) is 15.7. The molecule has 2 aromatic rings. The summed E-state index contributed by atoms with van der Waals surface area (Å²) in [5, 5.41) is 10.1. The first kappa shape index (κ1) is 25.9. The maximum Gasteiger partial charge on any atom is 0.325 e. The van der Waals surface area contributed by atoms with E-state index in [1.54, 1.807) is 11.6 Å². The largest absolute Gasteiger partial charge is 0.465 e. The summed E-state index contributed by atoms with van der Waals surface area (Å²) in [4.78, 5) is 38.4. The number of esters is 1. The Balaban J connectivity index is 2.16. The van der Waals surface area contributed by atoms with Gasteiger partial charge in [0.05, 0.1) is 18.0 Å². The molecule has 9 nitrogen and oxygen atoms in total. The van der Waals surface area contributed by atoms with Crippen LogP contribution in [0, 0.1) is 0 Å². The Labute approximate surface area is 195 Å². The van der Waals surface area contributed by atoms with Crippen LogP contribution in [0.2, 0.25) is 0 Å². The van der Waals surface area contributed by atoms with Crippen LogP contribution in [0.5, 0.6) is 0 Å². The number of aromatic nitrogens is 2. The third-order valence-electron chi connectivity index (χ3n) is 4.84. The predicted molar refractivity (Wildman–Crippen MR) is 127 cm³/mol. The number of urea groups is 1. The number of amides is 3. The molecule has 0 radical (unpaired) electrons. The third-order valence-corrected chi connectivity index (χ3v) is 4.84. The highest BCUT2D eigenvalue weighted by Crippen LogP contribution is 2.26. The molecule has 0 spiro atoms. The highest BCUT2D eigenvalue weighted by molar-refractivity contribution is 5.94. The van der Waals surface area contributed by atoms with Crippen molar-refractivity contribution >= 4 is 23.7 Å². The van der Waals surface area contributed by atoms with Crippen LogP contribution in [0.4, 0.5) is 10.6 Å². The molecule has 1 aromatic carbocycles. The monoisotopic (exact) mass is 457 g/mol. The van der Waals surface area contributed by atoms with Crippen molar-refractivity contribution < 1.29 is 19.1 Å². The lowest BCUT2D eigenvalue weighted by molar-refractivity contribution is -0.141. The third kappa shape index (κ3) is 7.93. The number of carbonyl (C=O) groups excluding carboxylic acids is 3. The molecule has 0 aliphatic heterocycles. The average molecular weight is 458 g/mol. The van der Waals surface area contributed by atoms with Crippen LogP contribution < -0.4 is 10.6 Å². The van der Waals surface area contributed by atoms with Crippen LogP contribution in [0.3, 0.4) is 0 Å². The molecule has 2 N–H and O–H groups in total. The van der Waals surface area contributed by atoms with Gasteiger partial charge in [0, 0.05) is 18.0 Å². The molecule has 180 valence electrons. The maximum atomic E-state index is 12.9. The van der Waals surface area contributed by atoms with E-state index in [2.05, 4.69) is 31.4 Å². The molecule has 0 aliphatic carbocycles. The summed E-state index contributed by atoms with van der Waals surface area (Å²) in [5.41, 5.74) is 1.44. The maximum absolute atomic E-state index is 12.9. The number of para-hydroxylation sites is 1. The zero-order chi connectivity index (χ0) is 24.4. The van der Waals surface area contributed by atoms with Gasteiger partial charge in [-0.15, -0.1) is 0 Å². The number of nitrogens with zero attached hydrogens (tertiary/aromatic N) is 3. The Kier molecular flexibility index (Phi) is 9.44. The minimum Gasteiger partial charge on any atom is -0.465 e. The molecule has 2 rings (SSSR count). The Morgan fingerprint density at radius 2 is 1.82 bits per heavy atom. The lowest BCUT2D eigenvalue weighted by atomic mass is 9.92. The van der Waals surface area contributed by atoms with Gasteiger partial charge in [-0.25, -0.2) is 9.48 Å². The van der Waals surface area contributed by atoms with Crippen molar-refractivity contribution in [2.24, 2.45) is 0 Å². The van der Waals surface area contributed by atoms with Crippen molar-refractivity contribution in [2.75, 3.05) is 31.6 Å². The molecule has 0 fully saturated rings. The summed E-state index contributed by atoms with van der Waals surface area (Å²) in [6.07, 6.45) is 1.59. The zero-order valence-corrected chi connectivity index (χ0v) is 20.2. The number of anilines is 1. The smallest absolute Gasteiger partial charge is 0.325 e. The van der Waals surface area contributed by atoms with Gasteiger partial charge >= 0.3 is 12.0 Å². The lowest BCUT2D eigenvalue weighted by Gasteiger charge is -2.22. The van der Waals surface area contributed by atoms with Gasteiger partial charge in [-0.1, -0.05) is 52.3 Å². The molecule has 9 heteroatoms. The van der Waals surface area contributed by atoms with E-state index in [1.807, 2.05) is 43.3 Å². The van der Waals surface area contributed by atoms with Crippen LogP contribution in [-0.2, 0) is 19.7 Å². The fraction of sp³-hybridized carbons (Fsp3) is 0.500. The zero-order valence-electron chi connectivity index (χ0n) is 20.2. The summed E-state index contributed by atoms with van der Waals surface area (Å²) < 4.78 is 6.53. The summed E-state index contributed by atoms with van der Waals surface area (Å²) in [5.74, 6) is -0.347. The Morgan fingerprint density at radius 3 is 2.42 bits per heavy atom. The van der Waals surface area contributed by atoms with Gasteiger partial charge in [-0.3, -0.25) is 9.59 Å². The fourth-order valence-electron chi connectivity index (χ4n) is 3.03. The van der Waals surface area contributed by atoms with E-state index >= 15 is 0 Å². The molecular weight excluding hydrogens is 422 g/mol. The van der Waals surface area contributed by atoms with Crippen LogP contribution in [0.1, 0.15) is 53.2 Å². The van der Waals surface area contributed by atoms with Crippen molar-refractivity contribution in [3.63, 3.8) is 0 Å². The van der Waals surface area contributed by atoms with Gasteiger partial charge in [0.2, 0.25) is 5.91 Å². The van der Waals surface area contributed by atoms with Crippen molar-refractivity contribution in [1.82, 2.24) is 20.0 Å². The Morgan fingerprint density at radius 1 is 1.12 bits per heavy atom. The molecule has 0 bridgehead atoms. The second-order valence-corrected chi connectivity index (χ2v) is 8.70. The van der Waals surface area contributed by atoms with E-state index in [1.165, 1.54) is 4.90 Å². The SMILES string of the molecule is CCCCN(CC(=O)Nc1cc(C(C)(C)C)nn1-c1ccccc1)C(=O)NCC(=O)OCC. The molecule has 0 saturated carbocycles. The summed E-state index contributed by atoms with van der Waals surface area (Å²) >= 11 is 0. The van der Waals surface area contributed by atoms with Crippen LogP contribution in [0.25, 0.3) is 5.69 Å². The Hall–Kier alpha value is -3.36. The number of hydrogen-bond donors (Lipinski definition) is 2. The molecule has 1 aromatic heterocycles. The van der Waals surface area contributed by atoms with E-state index in [4.69, 9.17) is 9.84 Å². The molecule has 0 saturated heterocycles. The summed E-state index contributed by atoms with van der Waals surface area (Å²) in [6.45, 7) is 10.1. The van der Waals surface area contributed by atoms with E-state index in [-0.39, 0.29) is 31.0 Å². The second kappa shape index (κ2) is 12.0. The fourth-order valence-corrected chi connectivity index (χ4v) is 3.03. The van der Waals surface area contributed by atoms with Crippen molar-refractivity contribution in [2.45, 2.75) is 52.9 Å². The number of benzene rings is 1. The van der Waals surface area contributed by atoms with Gasteiger partial charge < -0.3 is 20.3 Å². The number of unbranched alkanes of at least 4 members (excludes halogenated alkanes) is 1. The first-order valence-corrected chi connectivity index (χ1v) is 11.3. The number of hydrogen-bond acceptors (Lipinski definition) is 5.